The van der Waals surface area contributed by atoms with Gasteiger partial charge in [0, 0.05) is 19.3 Å². The van der Waals surface area contributed by atoms with Gasteiger partial charge in [0.2, 0.25) is 5.90 Å². The lowest BCUT2D eigenvalue weighted by molar-refractivity contribution is 0.198. The van der Waals surface area contributed by atoms with E-state index in [4.69, 9.17) is 21.1 Å². The number of nitrogens with one attached hydrogen (secondary N) is 1. The van der Waals surface area contributed by atoms with Crippen molar-refractivity contribution in [2.75, 3.05) is 34.0 Å². The molecule has 1 rings (SSSR count). The van der Waals surface area contributed by atoms with E-state index in [1.807, 2.05) is 0 Å². The second kappa shape index (κ2) is 11.6. The summed E-state index contributed by atoms with van der Waals surface area (Å²) in [5.41, 5.74) is 0. The molecule has 0 aromatic rings. The zero-order chi connectivity index (χ0) is 12.9. The van der Waals surface area contributed by atoms with Crippen molar-refractivity contribution in [1.29, 1.82) is 0 Å². The molecule has 1 N–H and O–H groups in total. The molecule has 0 amide bonds. The van der Waals surface area contributed by atoms with E-state index in [-0.39, 0.29) is 5.16 Å². The van der Waals surface area contributed by atoms with Crippen LogP contribution in [0.15, 0.2) is 21.2 Å². The molecule has 1 fully saturated rings. The molecule has 1 aliphatic heterocycles. The minimum Gasteiger partial charge on any atom is -0.481 e. The van der Waals surface area contributed by atoms with Gasteiger partial charge in [-0.25, -0.2) is 4.99 Å². The van der Waals surface area contributed by atoms with Crippen LogP contribution in [0.1, 0.15) is 12.8 Å². The van der Waals surface area contributed by atoms with Gasteiger partial charge in [0.05, 0.1) is 13.8 Å². The maximum atomic E-state index is 5.57. The number of methoxy groups -OCH3 is 1. The van der Waals surface area contributed by atoms with Crippen LogP contribution in [-0.2, 0) is 9.47 Å². The summed E-state index contributed by atoms with van der Waals surface area (Å²) in [6, 6.07) is 0. The highest BCUT2D eigenvalue weighted by atomic mass is 35.5. The molecule has 1 saturated heterocycles. The molecule has 0 aliphatic carbocycles. The SMILES string of the molecule is C1CCOC1.C=N/C(Cl)=C\C(=N/CNC)OC. The number of halogens is 1. The lowest BCUT2D eigenvalue weighted by Crippen LogP contribution is -2.08. The zero-order valence-corrected chi connectivity index (χ0v) is 11.2. The summed E-state index contributed by atoms with van der Waals surface area (Å²) < 4.78 is 9.83. The Bertz CT molecular complexity index is 256. The van der Waals surface area contributed by atoms with Crippen molar-refractivity contribution < 1.29 is 9.47 Å². The Labute approximate surface area is 108 Å². The molecule has 6 heteroatoms. The number of ether oxygens (including phenoxy) is 2. The van der Waals surface area contributed by atoms with E-state index in [1.54, 1.807) is 7.05 Å². The summed E-state index contributed by atoms with van der Waals surface area (Å²) in [4.78, 5) is 7.46. The van der Waals surface area contributed by atoms with Crippen LogP contribution in [-0.4, -0.2) is 46.7 Å². The number of nitrogens with zero attached hydrogens (tertiary/aromatic N) is 2. The average molecular weight is 262 g/mol. The Morgan fingerprint density at radius 1 is 1.53 bits per heavy atom. The van der Waals surface area contributed by atoms with Crippen LogP contribution in [0.2, 0.25) is 0 Å². The first-order valence-corrected chi connectivity index (χ1v) is 5.77. The highest BCUT2D eigenvalue weighted by Gasteiger charge is 1.95. The van der Waals surface area contributed by atoms with Crippen LogP contribution < -0.4 is 5.32 Å². The number of rotatable bonds is 4. The van der Waals surface area contributed by atoms with Crippen LogP contribution >= 0.6 is 11.6 Å². The number of aliphatic imine (C=N–C) groups is 2. The first-order valence-electron chi connectivity index (χ1n) is 5.39. The van der Waals surface area contributed by atoms with Crippen LogP contribution in [0, 0.1) is 0 Å². The van der Waals surface area contributed by atoms with Crippen molar-refractivity contribution >= 4 is 24.2 Å². The van der Waals surface area contributed by atoms with E-state index in [9.17, 15) is 0 Å². The van der Waals surface area contributed by atoms with Crippen molar-refractivity contribution in [2.45, 2.75) is 12.8 Å². The van der Waals surface area contributed by atoms with Gasteiger partial charge in [0.1, 0.15) is 5.16 Å². The first-order chi connectivity index (χ1) is 8.24. The summed E-state index contributed by atoms with van der Waals surface area (Å²) in [7, 11) is 3.30. The van der Waals surface area contributed by atoms with E-state index in [1.165, 1.54) is 26.0 Å². The van der Waals surface area contributed by atoms with Crippen LogP contribution in [0.5, 0.6) is 0 Å². The van der Waals surface area contributed by atoms with Crippen molar-refractivity contribution in [3.05, 3.63) is 11.2 Å². The van der Waals surface area contributed by atoms with Gasteiger partial charge >= 0.3 is 0 Å². The fourth-order valence-corrected chi connectivity index (χ4v) is 1.08. The Morgan fingerprint density at radius 2 is 2.18 bits per heavy atom. The Kier molecular flexibility index (Phi) is 11.0. The quantitative estimate of drug-likeness (QED) is 0.477. The van der Waals surface area contributed by atoms with Gasteiger partial charge < -0.3 is 14.8 Å². The van der Waals surface area contributed by atoms with E-state index < -0.39 is 0 Å². The molecule has 1 heterocycles. The predicted molar refractivity (Wildman–Crippen MR) is 71.9 cm³/mol. The standard InChI is InChI=1S/C7H12ClN3O.C4H8O/c1-9-5-11-7(12-3)4-6(8)10-2;1-2-4-5-3-1/h4,9H,2,5H2,1,3H3;1-4H2/b6-4-,11-7+;. The largest absolute Gasteiger partial charge is 0.481 e. The third kappa shape index (κ3) is 9.99. The lowest BCUT2D eigenvalue weighted by atomic mass is 10.4. The van der Waals surface area contributed by atoms with Gasteiger partial charge in [-0.1, -0.05) is 11.6 Å². The Morgan fingerprint density at radius 3 is 2.53 bits per heavy atom. The molecule has 1 aliphatic rings. The highest BCUT2D eigenvalue weighted by molar-refractivity contribution is 6.31. The van der Waals surface area contributed by atoms with E-state index >= 15 is 0 Å². The molecular formula is C11H20ClN3O2. The summed E-state index contributed by atoms with van der Waals surface area (Å²) in [6.45, 7) is 5.73. The Hall–Kier alpha value is -0.910. The topological polar surface area (TPSA) is 55.2 Å². The second-order valence-corrected chi connectivity index (χ2v) is 3.54. The Balaban J connectivity index is 0.000000419. The smallest absolute Gasteiger partial charge is 0.212 e. The highest BCUT2D eigenvalue weighted by Crippen LogP contribution is 2.01. The van der Waals surface area contributed by atoms with Crippen molar-refractivity contribution in [3.63, 3.8) is 0 Å². The molecule has 0 spiro atoms. The van der Waals surface area contributed by atoms with Gasteiger partial charge in [-0.3, -0.25) is 4.99 Å². The molecule has 0 unspecified atom stereocenters. The maximum absolute atomic E-state index is 5.57. The fraction of sp³-hybridized carbons (Fsp3) is 0.636. The summed E-state index contributed by atoms with van der Waals surface area (Å²) in [5, 5.41) is 3.09. The summed E-state index contributed by atoms with van der Waals surface area (Å²) in [5.74, 6) is 0.418. The molecule has 98 valence electrons. The molecule has 0 saturated carbocycles. The first kappa shape index (κ1) is 16.1. The van der Waals surface area contributed by atoms with E-state index in [0.717, 1.165) is 13.2 Å². The normalized spacial score (nSPS) is 16.2. The predicted octanol–water partition coefficient (Wildman–Crippen LogP) is 1.79. The van der Waals surface area contributed by atoms with Crippen molar-refractivity contribution in [1.82, 2.24) is 5.32 Å². The van der Waals surface area contributed by atoms with Crippen molar-refractivity contribution in [2.24, 2.45) is 9.98 Å². The number of hydrogen-bond acceptors (Lipinski definition) is 5. The van der Waals surface area contributed by atoms with Gasteiger partial charge in [-0.15, -0.1) is 0 Å². The lowest BCUT2D eigenvalue weighted by Gasteiger charge is -1.98. The molecular weight excluding hydrogens is 242 g/mol. The molecule has 0 aromatic carbocycles. The minimum atomic E-state index is 0.256. The van der Waals surface area contributed by atoms with Gasteiger partial charge in [-0.05, 0) is 26.6 Å². The van der Waals surface area contributed by atoms with Crippen LogP contribution in [0.25, 0.3) is 0 Å². The summed E-state index contributed by atoms with van der Waals surface area (Å²) in [6.07, 6.45) is 4.05. The maximum Gasteiger partial charge on any atom is 0.212 e. The molecule has 17 heavy (non-hydrogen) atoms. The van der Waals surface area contributed by atoms with E-state index in [0.29, 0.717) is 12.6 Å². The van der Waals surface area contributed by atoms with Crippen LogP contribution in [0.4, 0.5) is 0 Å². The van der Waals surface area contributed by atoms with Crippen LogP contribution in [0.3, 0.4) is 0 Å². The molecule has 0 atom stereocenters. The van der Waals surface area contributed by atoms with E-state index in [2.05, 4.69) is 22.0 Å². The fourth-order valence-electron chi connectivity index (χ4n) is 0.984. The third-order valence-electron chi connectivity index (χ3n) is 1.82. The molecule has 0 aromatic heterocycles. The van der Waals surface area contributed by atoms with Crippen molar-refractivity contribution in [3.8, 4) is 0 Å². The molecule has 5 nitrogen and oxygen atoms in total. The zero-order valence-electron chi connectivity index (χ0n) is 10.4. The van der Waals surface area contributed by atoms with Gasteiger partial charge in [0.15, 0.2) is 0 Å². The average Bonchev–Trinajstić information content (AvgIpc) is 2.93. The van der Waals surface area contributed by atoms with Gasteiger partial charge in [-0.2, -0.15) is 0 Å². The monoisotopic (exact) mass is 261 g/mol. The summed E-state index contributed by atoms with van der Waals surface area (Å²) >= 11 is 5.57. The van der Waals surface area contributed by atoms with Gasteiger partial charge in [0.25, 0.3) is 0 Å². The third-order valence-corrected chi connectivity index (χ3v) is 2.05. The molecule has 0 bridgehead atoms. The number of hydrogen-bond donors (Lipinski definition) is 1. The minimum absolute atomic E-state index is 0.256. The second-order valence-electron chi connectivity index (χ2n) is 3.16. The molecule has 0 radical (unpaired) electrons.